The van der Waals surface area contributed by atoms with Crippen molar-refractivity contribution in [3.05, 3.63) is 30.1 Å². The minimum Gasteiger partial charge on any atom is -0.356 e. The molecule has 100 valence electrons. The standard InChI is InChI=1S/C14H16FN3O/c1-14(2)9-18(11-5-3-4-10(15)8-11)12(6-7-16)13(19)17-14/h3-5,8,12H,6,9H2,1-2H3,(H,17,19). The van der Waals surface area contributed by atoms with Crippen LogP contribution in [-0.4, -0.2) is 24.0 Å². The molecule has 1 aromatic rings. The van der Waals surface area contributed by atoms with Crippen LogP contribution in [0.2, 0.25) is 0 Å². The van der Waals surface area contributed by atoms with Gasteiger partial charge < -0.3 is 10.2 Å². The van der Waals surface area contributed by atoms with Crippen molar-refractivity contribution in [1.82, 2.24) is 5.32 Å². The number of hydrogen-bond acceptors (Lipinski definition) is 3. The van der Waals surface area contributed by atoms with E-state index in [1.54, 1.807) is 17.0 Å². The van der Waals surface area contributed by atoms with E-state index in [0.717, 1.165) is 0 Å². The number of carbonyl (C=O) groups excluding carboxylic acids is 1. The highest BCUT2D eigenvalue weighted by molar-refractivity contribution is 5.87. The van der Waals surface area contributed by atoms with Crippen molar-refractivity contribution in [3.8, 4) is 6.07 Å². The molecule has 0 saturated carbocycles. The summed E-state index contributed by atoms with van der Waals surface area (Å²) in [4.78, 5) is 13.9. The van der Waals surface area contributed by atoms with E-state index in [0.29, 0.717) is 12.2 Å². The van der Waals surface area contributed by atoms with Crippen LogP contribution in [0.1, 0.15) is 20.3 Å². The monoisotopic (exact) mass is 261 g/mol. The van der Waals surface area contributed by atoms with Crippen molar-refractivity contribution in [2.75, 3.05) is 11.4 Å². The van der Waals surface area contributed by atoms with Gasteiger partial charge in [-0.25, -0.2) is 4.39 Å². The molecule has 1 aliphatic heterocycles. The molecular weight excluding hydrogens is 245 g/mol. The predicted molar refractivity (Wildman–Crippen MR) is 70.0 cm³/mol. The maximum Gasteiger partial charge on any atom is 0.244 e. The van der Waals surface area contributed by atoms with Gasteiger partial charge in [-0.05, 0) is 32.0 Å². The number of piperazine rings is 1. The van der Waals surface area contributed by atoms with Crippen LogP contribution in [0.5, 0.6) is 0 Å². The van der Waals surface area contributed by atoms with Crippen molar-refractivity contribution >= 4 is 11.6 Å². The molecule has 0 spiro atoms. The lowest BCUT2D eigenvalue weighted by Crippen LogP contribution is -2.65. The van der Waals surface area contributed by atoms with Crippen molar-refractivity contribution in [3.63, 3.8) is 0 Å². The number of nitriles is 1. The van der Waals surface area contributed by atoms with Crippen LogP contribution in [0.4, 0.5) is 10.1 Å². The Morgan fingerprint density at radius 1 is 1.58 bits per heavy atom. The molecular formula is C14H16FN3O. The Morgan fingerprint density at radius 2 is 2.32 bits per heavy atom. The molecule has 1 saturated heterocycles. The number of amides is 1. The lowest BCUT2D eigenvalue weighted by Gasteiger charge is -2.44. The third-order valence-electron chi connectivity index (χ3n) is 3.13. The topological polar surface area (TPSA) is 56.1 Å². The molecule has 4 nitrogen and oxygen atoms in total. The average molecular weight is 261 g/mol. The highest BCUT2D eigenvalue weighted by atomic mass is 19.1. The van der Waals surface area contributed by atoms with E-state index in [4.69, 9.17) is 5.26 Å². The summed E-state index contributed by atoms with van der Waals surface area (Å²) in [5.74, 6) is -0.543. The fraction of sp³-hybridized carbons (Fsp3) is 0.429. The molecule has 0 aliphatic carbocycles. The molecule has 19 heavy (non-hydrogen) atoms. The van der Waals surface area contributed by atoms with E-state index in [2.05, 4.69) is 5.32 Å². The Hall–Kier alpha value is -2.09. The number of benzene rings is 1. The number of nitrogens with one attached hydrogen (secondary N) is 1. The van der Waals surface area contributed by atoms with Gasteiger partial charge in [0.2, 0.25) is 5.91 Å². The van der Waals surface area contributed by atoms with Crippen molar-refractivity contribution in [2.24, 2.45) is 0 Å². The van der Waals surface area contributed by atoms with E-state index in [1.165, 1.54) is 12.1 Å². The second-order valence-corrected chi connectivity index (χ2v) is 5.36. The summed E-state index contributed by atoms with van der Waals surface area (Å²) < 4.78 is 13.3. The van der Waals surface area contributed by atoms with Crippen molar-refractivity contribution in [2.45, 2.75) is 31.8 Å². The van der Waals surface area contributed by atoms with Gasteiger partial charge in [-0.2, -0.15) is 5.26 Å². The van der Waals surface area contributed by atoms with Crippen molar-refractivity contribution < 1.29 is 9.18 Å². The molecule has 1 aliphatic rings. The number of halogens is 1. The number of anilines is 1. The summed E-state index contributed by atoms with van der Waals surface area (Å²) in [6.07, 6.45) is 0.0818. The summed E-state index contributed by atoms with van der Waals surface area (Å²) in [5, 5.41) is 11.7. The highest BCUT2D eigenvalue weighted by Crippen LogP contribution is 2.25. The number of nitrogens with zero attached hydrogens (tertiary/aromatic N) is 2. The second-order valence-electron chi connectivity index (χ2n) is 5.36. The molecule has 1 heterocycles. The quantitative estimate of drug-likeness (QED) is 0.883. The Labute approximate surface area is 111 Å². The zero-order valence-electron chi connectivity index (χ0n) is 11.0. The first-order valence-corrected chi connectivity index (χ1v) is 6.14. The van der Waals surface area contributed by atoms with Gasteiger partial charge in [0.25, 0.3) is 0 Å². The van der Waals surface area contributed by atoms with Crippen molar-refractivity contribution in [1.29, 1.82) is 5.26 Å². The van der Waals surface area contributed by atoms with Crippen LogP contribution in [0.15, 0.2) is 24.3 Å². The number of rotatable bonds is 2. The lowest BCUT2D eigenvalue weighted by atomic mass is 9.96. The third-order valence-corrected chi connectivity index (χ3v) is 3.13. The van der Waals surface area contributed by atoms with Gasteiger partial charge in [0.15, 0.2) is 0 Å². The van der Waals surface area contributed by atoms with Gasteiger partial charge in [-0.3, -0.25) is 4.79 Å². The minimum atomic E-state index is -0.570. The largest absolute Gasteiger partial charge is 0.356 e. The molecule has 1 atom stereocenters. The molecule has 0 radical (unpaired) electrons. The molecule has 0 aromatic heterocycles. The Morgan fingerprint density at radius 3 is 2.95 bits per heavy atom. The van der Waals surface area contributed by atoms with Crippen LogP contribution >= 0.6 is 0 Å². The molecule has 1 unspecified atom stereocenters. The van der Waals surface area contributed by atoms with Gasteiger partial charge >= 0.3 is 0 Å². The summed E-state index contributed by atoms with van der Waals surface area (Å²) in [7, 11) is 0. The second kappa shape index (κ2) is 4.88. The molecule has 1 aromatic carbocycles. The average Bonchev–Trinajstić information content (AvgIpc) is 2.31. The molecule has 1 fully saturated rings. The van der Waals surface area contributed by atoms with Crippen LogP contribution in [0.3, 0.4) is 0 Å². The fourth-order valence-electron chi connectivity index (χ4n) is 2.35. The Kier molecular flexibility index (Phi) is 3.43. The fourth-order valence-corrected chi connectivity index (χ4v) is 2.35. The van der Waals surface area contributed by atoms with Crippen LogP contribution in [0.25, 0.3) is 0 Å². The van der Waals surface area contributed by atoms with Gasteiger partial charge in [-0.15, -0.1) is 0 Å². The summed E-state index contributed by atoms with van der Waals surface area (Å²) in [5.41, 5.74) is 0.221. The van der Waals surface area contributed by atoms with E-state index in [1.807, 2.05) is 19.9 Å². The third kappa shape index (κ3) is 2.84. The van der Waals surface area contributed by atoms with Gasteiger partial charge in [0, 0.05) is 12.2 Å². The summed E-state index contributed by atoms with van der Waals surface area (Å²) in [6.45, 7) is 4.34. The Balaban J connectivity index is 2.37. The molecule has 1 N–H and O–H groups in total. The van der Waals surface area contributed by atoms with E-state index < -0.39 is 11.6 Å². The first kappa shape index (κ1) is 13.3. The smallest absolute Gasteiger partial charge is 0.244 e. The maximum atomic E-state index is 13.3. The number of carbonyl (C=O) groups is 1. The molecule has 5 heteroatoms. The van der Waals surface area contributed by atoms with Gasteiger partial charge in [0.05, 0.1) is 18.0 Å². The molecule has 1 amide bonds. The first-order valence-electron chi connectivity index (χ1n) is 6.14. The van der Waals surface area contributed by atoms with E-state index in [-0.39, 0.29) is 18.1 Å². The van der Waals surface area contributed by atoms with Gasteiger partial charge in [0.1, 0.15) is 11.9 Å². The lowest BCUT2D eigenvalue weighted by molar-refractivity contribution is -0.125. The SMILES string of the molecule is CC1(C)CN(c2cccc(F)c2)C(CC#N)C(=O)N1. The van der Waals surface area contributed by atoms with E-state index in [9.17, 15) is 9.18 Å². The number of hydrogen-bond donors (Lipinski definition) is 1. The Bertz CT molecular complexity index is 536. The van der Waals surface area contributed by atoms with Crippen LogP contribution in [0, 0.1) is 17.1 Å². The highest BCUT2D eigenvalue weighted by Gasteiger charge is 2.38. The molecule has 2 rings (SSSR count). The minimum absolute atomic E-state index is 0.0818. The first-order chi connectivity index (χ1) is 8.93. The maximum absolute atomic E-state index is 13.3. The van der Waals surface area contributed by atoms with Crippen LogP contribution in [-0.2, 0) is 4.79 Å². The zero-order chi connectivity index (χ0) is 14.0. The summed E-state index contributed by atoms with van der Waals surface area (Å²) >= 11 is 0. The van der Waals surface area contributed by atoms with Crippen LogP contribution < -0.4 is 10.2 Å². The van der Waals surface area contributed by atoms with E-state index >= 15 is 0 Å². The molecule has 0 bridgehead atoms. The zero-order valence-corrected chi connectivity index (χ0v) is 11.0. The van der Waals surface area contributed by atoms with Gasteiger partial charge in [-0.1, -0.05) is 6.07 Å². The predicted octanol–water partition coefficient (Wildman–Crippen LogP) is 1.82. The normalized spacial score (nSPS) is 21.7. The summed E-state index contributed by atoms with van der Waals surface area (Å²) in [6, 6.07) is 7.55.